The van der Waals surface area contributed by atoms with Crippen LogP contribution in [0, 0.1) is 18.2 Å². The van der Waals surface area contributed by atoms with Crippen LogP contribution in [-0.2, 0) is 4.79 Å². The summed E-state index contributed by atoms with van der Waals surface area (Å²) in [5, 5.41) is 3.92. The van der Waals surface area contributed by atoms with E-state index in [1.54, 1.807) is 41.3 Å². The molecule has 3 amide bonds. The van der Waals surface area contributed by atoms with Crippen molar-refractivity contribution in [3.63, 3.8) is 0 Å². The Labute approximate surface area is 243 Å². The first-order valence-electron chi connectivity index (χ1n) is 14.2. The van der Waals surface area contributed by atoms with Crippen LogP contribution in [0.4, 0.5) is 4.39 Å². The molecule has 2 fully saturated rings. The first-order chi connectivity index (χ1) is 20.0. The van der Waals surface area contributed by atoms with Crippen molar-refractivity contribution in [3.05, 3.63) is 89.6 Å². The van der Waals surface area contributed by atoms with Crippen molar-refractivity contribution in [2.75, 3.05) is 13.1 Å². The summed E-state index contributed by atoms with van der Waals surface area (Å²) in [5.74, 6) is -1.02. The number of halogens is 1. The van der Waals surface area contributed by atoms with Gasteiger partial charge < -0.3 is 20.1 Å². The number of nitrogens with one attached hydrogen (secondary N) is 2. The van der Waals surface area contributed by atoms with Crippen molar-refractivity contribution in [1.29, 1.82) is 0 Å². The second-order valence-electron chi connectivity index (χ2n) is 12.4. The summed E-state index contributed by atoms with van der Waals surface area (Å²) < 4.78 is 14.2. The van der Waals surface area contributed by atoms with Gasteiger partial charge in [0.25, 0.3) is 11.8 Å². The minimum absolute atomic E-state index is 0.132. The van der Waals surface area contributed by atoms with E-state index in [4.69, 9.17) is 0 Å². The van der Waals surface area contributed by atoms with Gasteiger partial charge in [0.2, 0.25) is 5.91 Å². The SMILES string of the molecule is Cc1ccc2cc(C(=O)N[C@H](C(=O)N3C[C@@H]4C[C@H]3CN4C(=O)c3ccc(-c4ccccc4F)cn3)C(C)(C)C)[nH]c2c1. The Bertz CT molecular complexity index is 1690. The highest BCUT2D eigenvalue weighted by atomic mass is 19.1. The number of pyridine rings is 1. The molecular formula is C33H34FN5O3. The molecule has 2 aromatic heterocycles. The third-order valence-electron chi connectivity index (χ3n) is 8.36. The van der Waals surface area contributed by atoms with Crippen molar-refractivity contribution in [1.82, 2.24) is 25.1 Å². The van der Waals surface area contributed by atoms with E-state index in [0.29, 0.717) is 36.3 Å². The van der Waals surface area contributed by atoms with Gasteiger partial charge in [0, 0.05) is 41.3 Å². The van der Waals surface area contributed by atoms with Gasteiger partial charge in [-0.2, -0.15) is 0 Å². The number of rotatable bonds is 5. The van der Waals surface area contributed by atoms with E-state index in [1.165, 1.54) is 12.3 Å². The first kappa shape index (κ1) is 27.6. The molecule has 2 aliphatic rings. The van der Waals surface area contributed by atoms with Crippen LogP contribution in [0.1, 0.15) is 53.7 Å². The number of carbonyl (C=O) groups is 3. The quantitative estimate of drug-likeness (QED) is 0.357. The molecule has 42 heavy (non-hydrogen) atoms. The number of likely N-dealkylation sites (tertiary alicyclic amines) is 2. The topological polar surface area (TPSA) is 98.4 Å². The molecule has 6 rings (SSSR count). The highest BCUT2D eigenvalue weighted by Crippen LogP contribution is 2.34. The lowest BCUT2D eigenvalue weighted by atomic mass is 9.85. The Morgan fingerprint density at radius 1 is 1.00 bits per heavy atom. The van der Waals surface area contributed by atoms with E-state index in [0.717, 1.165) is 16.5 Å². The fourth-order valence-corrected chi connectivity index (χ4v) is 6.09. The third kappa shape index (κ3) is 5.04. The minimum atomic E-state index is -0.741. The van der Waals surface area contributed by atoms with Crippen molar-refractivity contribution in [2.24, 2.45) is 5.41 Å². The minimum Gasteiger partial charge on any atom is -0.351 e. The molecule has 2 N–H and O–H groups in total. The van der Waals surface area contributed by atoms with Crippen molar-refractivity contribution in [3.8, 4) is 11.1 Å². The van der Waals surface area contributed by atoms with Crippen LogP contribution >= 0.6 is 0 Å². The molecule has 2 bridgehead atoms. The predicted molar refractivity (Wildman–Crippen MR) is 158 cm³/mol. The standard InChI is InChI=1S/C33H34FN5O3/c1-19-9-10-20-14-28(36-27(20)13-19)30(40)37-29(33(2,3)4)32(42)39-18-22-15-23(39)17-38(22)31(41)26-12-11-21(16-35-26)24-7-5-6-8-25(24)34/h5-14,16,22-23,29,36H,15,17-18H2,1-4H3,(H,37,40)/t22-,23-,29+/m0/s1. The Morgan fingerprint density at radius 2 is 1.74 bits per heavy atom. The Kier molecular flexibility index (Phi) is 6.83. The van der Waals surface area contributed by atoms with Gasteiger partial charge in [-0.25, -0.2) is 4.39 Å². The van der Waals surface area contributed by atoms with Crippen molar-refractivity contribution >= 4 is 28.6 Å². The molecule has 8 nitrogen and oxygen atoms in total. The molecule has 216 valence electrons. The van der Waals surface area contributed by atoms with Gasteiger partial charge in [-0.1, -0.05) is 57.2 Å². The molecule has 0 radical (unpaired) electrons. The van der Waals surface area contributed by atoms with E-state index in [9.17, 15) is 18.8 Å². The van der Waals surface area contributed by atoms with Crippen LogP contribution < -0.4 is 5.32 Å². The normalized spacial score (nSPS) is 18.9. The number of benzene rings is 2. The van der Waals surface area contributed by atoms with Crippen LogP contribution in [0.5, 0.6) is 0 Å². The number of aromatic nitrogens is 2. The summed E-state index contributed by atoms with van der Waals surface area (Å²) in [6.07, 6.45) is 2.19. The Balaban J connectivity index is 1.13. The van der Waals surface area contributed by atoms with Crippen LogP contribution in [0.15, 0.2) is 66.9 Å². The maximum Gasteiger partial charge on any atom is 0.272 e. The Morgan fingerprint density at radius 3 is 2.40 bits per heavy atom. The second-order valence-corrected chi connectivity index (χ2v) is 12.4. The number of carbonyl (C=O) groups excluding carboxylic acids is 3. The van der Waals surface area contributed by atoms with Gasteiger partial charge in [0.15, 0.2) is 0 Å². The van der Waals surface area contributed by atoms with E-state index in [-0.39, 0.29) is 41.3 Å². The molecule has 2 aromatic carbocycles. The van der Waals surface area contributed by atoms with Crippen LogP contribution in [0.25, 0.3) is 22.0 Å². The summed E-state index contributed by atoms with van der Waals surface area (Å²) in [6.45, 7) is 8.60. The lowest BCUT2D eigenvalue weighted by Crippen LogP contribution is -2.59. The zero-order chi connectivity index (χ0) is 29.8. The lowest BCUT2D eigenvalue weighted by molar-refractivity contribution is -0.138. The van der Waals surface area contributed by atoms with Gasteiger partial charge in [0.1, 0.15) is 23.2 Å². The van der Waals surface area contributed by atoms with E-state index in [1.807, 2.05) is 50.8 Å². The highest BCUT2D eigenvalue weighted by molar-refractivity contribution is 6.00. The molecule has 0 unspecified atom stereocenters. The monoisotopic (exact) mass is 567 g/mol. The largest absolute Gasteiger partial charge is 0.351 e. The molecule has 2 saturated heterocycles. The zero-order valence-corrected chi connectivity index (χ0v) is 24.1. The summed E-state index contributed by atoms with van der Waals surface area (Å²) in [6, 6.07) is 16.5. The average molecular weight is 568 g/mol. The number of piperazine rings is 1. The summed E-state index contributed by atoms with van der Waals surface area (Å²) in [5.41, 5.74) is 3.15. The number of nitrogens with zero attached hydrogens (tertiary/aromatic N) is 3. The number of hydrogen-bond donors (Lipinski definition) is 2. The molecule has 0 saturated carbocycles. The summed E-state index contributed by atoms with van der Waals surface area (Å²) in [4.78, 5) is 51.6. The number of aromatic amines is 1. The molecular weight excluding hydrogens is 533 g/mol. The molecule has 4 heterocycles. The fraction of sp³-hybridized carbons (Fsp3) is 0.333. The molecule has 3 atom stereocenters. The van der Waals surface area contributed by atoms with Crippen molar-refractivity contribution in [2.45, 2.75) is 52.2 Å². The second kappa shape index (κ2) is 10.4. The van der Waals surface area contributed by atoms with Gasteiger partial charge >= 0.3 is 0 Å². The molecule has 0 aliphatic carbocycles. The lowest BCUT2D eigenvalue weighted by Gasteiger charge is -2.39. The highest BCUT2D eigenvalue weighted by Gasteiger charge is 2.50. The smallest absolute Gasteiger partial charge is 0.272 e. The number of amides is 3. The van der Waals surface area contributed by atoms with Gasteiger partial charge in [0.05, 0.1) is 12.1 Å². The van der Waals surface area contributed by atoms with Crippen LogP contribution in [-0.4, -0.2) is 68.7 Å². The summed E-state index contributed by atoms with van der Waals surface area (Å²) >= 11 is 0. The van der Waals surface area contributed by atoms with Gasteiger partial charge in [-0.3, -0.25) is 19.4 Å². The first-order valence-corrected chi connectivity index (χ1v) is 14.2. The maximum absolute atomic E-state index is 14.2. The van der Waals surface area contributed by atoms with Crippen molar-refractivity contribution < 1.29 is 18.8 Å². The van der Waals surface area contributed by atoms with Gasteiger partial charge in [-0.15, -0.1) is 0 Å². The van der Waals surface area contributed by atoms with Gasteiger partial charge in [-0.05, 0) is 48.6 Å². The van der Waals surface area contributed by atoms with E-state index < -0.39 is 11.5 Å². The number of fused-ring (bicyclic) bond motifs is 3. The number of hydrogen-bond acceptors (Lipinski definition) is 4. The third-order valence-corrected chi connectivity index (χ3v) is 8.36. The predicted octanol–water partition coefficient (Wildman–Crippen LogP) is 4.95. The summed E-state index contributed by atoms with van der Waals surface area (Å²) in [7, 11) is 0. The van der Waals surface area contributed by atoms with E-state index >= 15 is 0 Å². The van der Waals surface area contributed by atoms with Crippen LogP contribution in [0.3, 0.4) is 0 Å². The molecule has 2 aliphatic heterocycles. The zero-order valence-electron chi connectivity index (χ0n) is 24.1. The fourth-order valence-electron chi connectivity index (χ4n) is 6.09. The maximum atomic E-state index is 14.2. The molecule has 0 spiro atoms. The average Bonchev–Trinajstić information content (AvgIpc) is 3.69. The molecule has 4 aromatic rings. The molecule has 9 heteroatoms. The van der Waals surface area contributed by atoms with Crippen LogP contribution in [0.2, 0.25) is 0 Å². The number of aryl methyl sites for hydroxylation is 1. The Hall–Kier alpha value is -4.53. The van der Waals surface area contributed by atoms with E-state index in [2.05, 4.69) is 15.3 Å². The number of H-pyrrole nitrogens is 1.